The third-order valence-corrected chi connectivity index (χ3v) is 4.38. The third kappa shape index (κ3) is 2.98. The maximum atomic E-state index is 6.00. The van der Waals surface area contributed by atoms with Crippen molar-refractivity contribution in [1.82, 2.24) is 9.88 Å². The first-order valence-electron chi connectivity index (χ1n) is 8.00. The van der Waals surface area contributed by atoms with E-state index < -0.39 is 0 Å². The van der Waals surface area contributed by atoms with E-state index in [9.17, 15) is 0 Å². The van der Waals surface area contributed by atoms with Gasteiger partial charge >= 0.3 is 0 Å². The molecule has 0 fully saturated rings. The number of benzene rings is 1. The lowest BCUT2D eigenvalue weighted by atomic mass is 10.1. The highest BCUT2D eigenvalue weighted by Gasteiger charge is 2.34. The van der Waals surface area contributed by atoms with Gasteiger partial charge in [0.15, 0.2) is 17.8 Å². The van der Waals surface area contributed by atoms with Crippen LogP contribution in [0, 0.1) is 6.92 Å². The fourth-order valence-electron chi connectivity index (χ4n) is 2.83. The quantitative estimate of drug-likeness (QED) is 0.809. The Kier molecular flexibility index (Phi) is 3.93. The van der Waals surface area contributed by atoms with Crippen LogP contribution >= 0.6 is 11.6 Å². The molecule has 2 aliphatic heterocycles. The largest absolute Gasteiger partial charge is 0.302 e. The molecule has 0 saturated heterocycles. The molecule has 0 bridgehead atoms. The SMILES string of the molecule is CC1=CC2N(C=C1)C(c1ccc(Cl)cc1)=NON2c1cc(C)ccn1. The summed E-state index contributed by atoms with van der Waals surface area (Å²) in [7, 11) is 0. The van der Waals surface area contributed by atoms with E-state index in [1.54, 1.807) is 11.3 Å². The molecule has 0 radical (unpaired) electrons. The summed E-state index contributed by atoms with van der Waals surface area (Å²) in [5, 5.41) is 6.73. The van der Waals surface area contributed by atoms with Crippen LogP contribution in [0.3, 0.4) is 0 Å². The van der Waals surface area contributed by atoms with Crippen molar-refractivity contribution in [2.45, 2.75) is 20.0 Å². The third-order valence-electron chi connectivity index (χ3n) is 4.12. The Hall–Kier alpha value is -2.79. The molecule has 6 heteroatoms. The average molecular weight is 353 g/mol. The summed E-state index contributed by atoms with van der Waals surface area (Å²) in [6.07, 6.45) is 7.79. The zero-order valence-corrected chi connectivity index (χ0v) is 14.7. The molecule has 25 heavy (non-hydrogen) atoms. The van der Waals surface area contributed by atoms with Crippen LogP contribution < -0.4 is 5.06 Å². The van der Waals surface area contributed by atoms with Gasteiger partial charge in [-0.3, -0.25) is 4.94 Å². The second-order valence-corrected chi connectivity index (χ2v) is 6.50. The van der Waals surface area contributed by atoms with Gasteiger partial charge in [0, 0.05) is 23.0 Å². The first-order valence-corrected chi connectivity index (χ1v) is 8.37. The van der Waals surface area contributed by atoms with E-state index in [1.807, 2.05) is 49.5 Å². The molecule has 2 aromatic rings. The van der Waals surface area contributed by atoms with Gasteiger partial charge in [-0.1, -0.05) is 11.6 Å². The number of oxime groups is 1. The molecule has 1 atom stereocenters. The molecule has 1 unspecified atom stereocenters. The van der Waals surface area contributed by atoms with Crippen molar-refractivity contribution in [1.29, 1.82) is 0 Å². The van der Waals surface area contributed by atoms with Gasteiger partial charge in [0.2, 0.25) is 0 Å². The molecule has 1 aromatic carbocycles. The van der Waals surface area contributed by atoms with Crippen molar-refractivity contribution >= 4 is 23.3 Å². The topological polar surface area (TPSA) is 41.0 Å². The van der Waals surface area contributed by atoms with E-state index in [1.165, 1.54) is 0 Å². The Morgan fingerprint density at radius 3 is 2.68 bits per heavy atom. The molecule has 0 amide bonds. The van der Waals surface area contributed by atoms with Gasteiger partial charge < -0.3 is 4.90 Å². The van der Waals surface area contributed by atoms with Gasteiger partial charge in [0.05, 0.1) is 0 Å². The summed E-state index contributed by atoms with van der Waals surface area (Å²) < 4.78 is 0. The van der Waals surface area contributed by atoms with E-state index >= 15 is 0 Å². The molecule has 3 heterocycles. The van der Waals surface area contributed by atoms with Gasteiger partial charge in [-0.15, -0.1) is 5.06 Å². The van der Waals surface area contributed by atoms with Crippen LogP contribution in [0.15, 0.2) is 71.7 Å². The number of aromatic nitrogens is 1. The van der Waals surface area contributed by atoms with Crippen molar-refractivity contribution in [2.75, 3.05) is 5.06 Å². The Labute approximate surface area is 151 Å². The monoisotopic (exact) mass is 352 g/mol. The lowest BCUT2D eigenvalue weighted by Crippen LogP contribution is -2.52. The second-order valence-electron chi connectivity index (χ2n) is 6.07. The molecule has 0 N–H and O–H groups in total. The summed E-state index contributed by atoms with van der Waals surface area (Å²) in [6, 6.07) is 11.5. The lowest BCUT2D eigenvalue weighted by Gasteiger charge is -2.40. The maximum Gasteiger partial charge on any atom is 0.184 e. The van der Waals surface area contributed by atoms with Crippen LogP contribution in [0.2, 0.25) is 5.02 Å². The van der Waals surface area contributed by atoms with Gasteiger partial charge in [0.25, 0.3) is 0 Å². The number of halogens is 1. The van der Waals surface area contributed by atoms with E-state index in [4.69, 9.17) is 16.5 Å². The normalized spacial score (nSPS) is 19.1. The molecular weight excluding hydrogens is 336 g/mol. The molecule has 0 saturated carbocycles. The molecular formula is C19H17ClN4O. The minimum Gasteiger partial charge on any atom is -0.302 e. The predicted octanol–water partition coefficient (Wildman–Crippen LogP) is 4.26. The first-order chi connectivity index (χ1) is 12.1. The molecule has 5 nitrogen and oxygen atoms in total. The van der Waals surface area contributed by atoms with Crippen molar-refractivity contribution in [2.24, 2.45) is 5.16 Å². The Morgan fingerprint density at radius 2 is 1.92 bits per heavy atom. The van der Waals surface area contributed by atoms with Crippen molar-refractivity contribution in [3.63, 3.8) is 0 Å². The Balaban J connectivity index is 1.76. The number of anilines is 1. The highest BCUT2D eigenvalue weighted by molar-refractivity contribution is 6.30. The molecule has 0 spiro atoms. The lowest BCUT2D eigenvalue weighted by molar-refractivity contribution is 0.0556. The highest BCUT2D eigenvalue weighted by atomic mass is 35.5. The van der Waals surface area contributed by atoms with Crippen LogP contribution in [0.4, 0.5) is 5.82 Å². The fourth-order valence-corrected chi connectivity index (χ4v) is 2.96. The molecule has 1 aromatic heterocycles. The van der Waals surface area contributed by atoms with E-state index in [2.05, 4.69) is 34.1 Å². The summed E-state index contributed by atoms with van der Waals surface area (Å²) in [5.41, 5.74) is 3.20. The first kappa shape index (κ1) is 15.7. The zero-order chi connectivity index (χ0) is 17.4. The molecule has 2 aliphatic rings. The highest BCUT2D eigenvalue weighted by Crippen LogP contribution is 2.29. The van der Waals surface area contributed by atoms with Crippen molar-refractivity contribution < 1.29 is 4.94 Å². The van der Waals surface area contributed by atoms with Crippen LogP contribution in [-0.4, -0.2) is 21.9 Å². The number of fused-ring (bicyclic) bond motifs is 1. The number of amidine groups is 1. The van der Waals surface area contributed by atoms with E-state index in [0.29, 0.717) is 10.8 Å². The van der Waals surface area contributed by atoms with Gasteiger partial charge in [-0.2, -0.15) is 0 Å². The van der Waals surface area contributed by atoms with Gasteiger partial charge in [0.1, 0.15) is 0 Å². The smallest absolute Gasteiger partial charge is 0.184 e. The summed E-state index contributed by atoms with van der Waals surface area (Å²) >= 11 is 6.00. The van der Waals surface area contributed by atoms with Crippen LogP contribution in [0.25, 0.3) is 0 Å². The summed E-state index contributed by atoms with van der Waals surface area (Å²) in [5.74, 6) is 1.44. The second kappa shape index (κ2) is 6.26. The minimum atomic E-state index is -0.164. The fraction of sp³-hybridized carbons (Fsp3) is 0.158. The van der Waals surface area contributed by atoms with Gasteiger partial charge in [-0.25, -0.2) is 4.98 Å². The van der Waals surface area contributed by atoms with Crippen molar-refractivity contribution in [3.8, 4) is 0 Å². The van der Waals surface area contributed by atoms with Crippen molar-refractivity contribution in [3.05, 3.63) is 82.7 Å². The number of hydroxylamine groups is 1. The van der Waals surface area contributed by atoms with Gasteiger partial charge in [-0.05, 0) is 78.7 Å². The molecule has 126 valence electrons. The summed E-state index contributed by atoms with van der Waals surface area (Å²) in [6.45, 7) is 4.08. The Bertz CT molecular complexity index is 889. The van der Waals surface area contributed by atoms with E-state index in [-0.39, 0.29) is 6.17 Å². The number of rotatable bonds is 2. The van der Waals surface area contributed by atoms with Crippen LogP contribution in [0.5, 0.6) is 0 Å². The number of aryl methyl sites for hydroxylation is 1. The minimum absolute atomic E-state index is 0.164. The average Bonchev–Trinajstić information content (AvgIpc) is 2.61. The predicted molar refractivity (Wildman–Crippen MR) is 99.1 cm³/mol. The zero-order valence-electron chi connectivity index (χ0n) is 13.9. The standard InChI is InChI=1S/C19H17ClN4O/c1-13-7-9-21-17(11-13)24-18-12-14(2)8-10-23(18)19(22-25-24)15-3-5-16(20)6-4-15/h3-12,18H,1-2H3. The number of nitrogens with zero attached hydrogens (tertiary/aromatic N) is 4. The molecule has 0 aliphatic carbocycles. The number of pyridine rings is 1. The molecule has 4 rings (SSSR count). The number of hydrogen-bond acceptors (Lipinski definition) is 5. The maximum absolute atomic E-state index is 6.00. The Morgan fingerprint density at radius 1 is 1.12 bits per heavy atom. The van der Waals surface area contributed by atoms with Crippen LogP contribution in [0.1, 0.15) is 18.1 Å². The summed E-state index contributed by atoms with van der Waals surface area (Å²) in [4.78, 5) is 12.2. The number of allylic oxidation sites excluding steroid dienone is 2. The number of hydrogen-bond donors (Lipinski definition) is 0. The van der Waals surface area contributed by atoms with Crippen LogP contribution in [-0.2, 0) is 4.94 Å². The van der Waals surface area contributed by atoms with E-state index in [0.717, 1.165) is 22.5 Å².